The van der Waals surface area contributed by atoms with Gasteiger partial charge in [0, 0.05) is 39.5 Å². The Labute approximate surface area is 197 Å². The fourth-order valence-corrected chi connectivity index (χ4v) is 5.78. The maximum Gasteiger partial charge on any atom is 0.267 e. The predicted molar refractivity (Wildman–Crippen MR) is 133 cm³/mol. The lowest BCUT2D eigenvalue weighted by Gasteiger charge is -2.36. The van der Waals surface area contributed by atoms with E-state index in [1.165, 1.54) is 16.2 Å². The first-order valence-corrected chi connectivity index (χ1v) is 12.1. The number of carbonyl (C=O) groups is 1. The van der Waals surface area contributed by atoms with E-state index in [0.717, 1.165) is 19.5 Å². The molecule has 32 heavy (non-hydrogen) atoms. The second-order valence-electron chi connectivity index (χ2n) is 8.61. The molecule has 0 N–H and O–H groups in total. The molecule has 2 unspecified atom stereocenters. The molecule has 0 aliphatic carbocycles. The number of hydrogen-bond donors (Lipinski definition) is 0. The van der Waals surface area contributed by atoms with Crippen molar-refractivity contribution in [2.75, 3.05) is 38.3 Å². The summed E-state index contributed by atoms with van der Waals surface area (Å²) in [6, 6.07) is 5.51. The molecule has 0 radical (unpaired) electrons. The quantitative estimate of drug-likeness (QED) is 0.363. The van der Waals surface area contributed by atoms with E-state index in [4.69, 9.17) is 21.9 Å². The van der Waals surface area contributed by atoms with Gasteiger partial charge in [0.1, 0.15) is 15.8 Å². The summed E-state index contributed by atoms with van der Waals surface area (Å²) >= 11 is 6.68. The maximum atomic E-state index is 13.5. The Morgan fingerprint density at radius 3 is 2.72 bits per heavy atom. The summed E-state index contributed by atoms with van der Waals surface area (Å²) in [7, 11) is 1.63. The number of nitrogens with zero attached hydrogens (tertiary/aromatic N) is 4. The largest absolute Gasteiger partial charge is 0.385 e. The minimum Gasteiger partial charge on any atom is -0.385 e. The molecule has 0 aromatic carbocycles. The van der Waals surface area contributed by atoms with Crippen LogP contribution in [0.5, 0.6) is 0 Å². The summed E-state index contributed by atoms with van der Waals surface area (Å²) < 4.78 is 7.13. The van der Waals surface area contributed by atoms with Crippen LogP contribution < -0.4 is 10.5 Å². The number of ether oxygens (including phenoxy) is 1. The van der Waals surface area contributed by atoms with Gasteiger partial charge in [-0.3, -0.25) is 18.9 Å². The Kier molecular flexibility index (Phi) is 6.97. The molecule has 0 saturated carbocycles. The van der Waals surface area contributed by atoms with E-state index < -0.39 is 0 Å². The Balaban J connectivity index is 1.77. The normalized spacial score (nSPS) is 23.0. The van der Waals surface area contributed by atoms with Crippen LogP contribution in [0.25, 0.3) is 11.7 Å². The molecule has 4 heterocycles. The van der Waals surface area contributed by atoms with Crippen LogP contribution >= 0.6 is 24.0 Å². The number of pyridine rings is 1. The van der Waals surface area contributed by atoms with Gasteiger partial charge in [0.05, 0.1) is 10.5 Å². The molecule has 2 aliphatic rings. The number of thiocarbonyl (C=S) groups is 1. The summed E-state index contributed by atoms with van der Waals surface area (Å²) in [5, 5.41) is 0. The fourth-order valence-electron chi connectivity index (χ4n) is 4.49. The monoisotopic (exact) mass is 472 g/mol. The average Bonchev–Trinajstić information content (AvgIpc) is 3.02. The Morgan fingerprint density at radius 2 is 2.00 bits per heavy atom. The zero-order chi connectivity index (χ0) is 22.8. The van der Waals surface area contributed by atoms with Crippen molar-refractivity contribution in [3.63, 3.8) is 0 Å². The van der Waals surface area contributed by atoms with Crippen LogP contribution in [-0.4, -0.2) is 57.9 Å². The molecule has 2 saturated heterocycles. The van der Waals surface area contributed by atoms with Crippen molar-refractivity contribution in [3.05, 3.63) is 45.2 Å². The first-order chi connectivity index (χ1) is 15.4. The predicted octanol–water partition coefficient (Wildman–Crippen LogP) is 3.41. The van der Waals surface area contributed by atoms with Gasteiger partial charge in [0.2, 0.25) is 0 Å². The van der Waals surface area contributed by atoms with Crippen LogP contribution in [0.1, 0.15) is 32.3 Å². The number of rotatable bonds is 6. The zero-order valence-corrected chi connectivity index (χ0v) is 20.2. The number of aromatic nitrogens is 2. The van der Waals surface area contributed by atoms with Crippen molar-refractivity contribution in [2.45, 2.75) is 26.7 Å². The van der Waals surface area contributed by atoms with Gasteiger partial charge in [-0.25, -0.2) is 4.98 Å². The second kappa shape index (κ2) is 9.72. The summed E-state index contributed by atoms with van der Waals surface area (Å²) in [6.45, 7) is 7.17. The molecule has 2 atom stereocenters. The van der Waals surface area contributed by atoms with Crippen molar-refractivity contribution < 1.29 is 9.53 Å². The zero-order valence-electron chi connectivity index (χ0n) is 18.6. The number of methoxy groups -OCH3 is 1. The maximum absolute atomic E-state index is 13.5. The highest BCUT2D eigenvalue weighted by atomic mass is 32.2. The Hall–Kier alpha value is -2.23. The number of fused-ring (bicyclic) bond motifs is 1. The lowest BCUT2D eigenvalue weighted by atomic mass is 9.91. The highest BCUT2D eigenvalue weighted by Crippen LogP contribution is 2.34. The molecule has 7 nitrogen and oxygen atoms in total. The summed E-state index contributed by atoms with van der Waals surface area (Å²) in [5.41, 5.74) is 0.858. The summed E-state index contributed by atoms with van der Waals surface area (Å²) in [6.07, 6.45) is 5.25. The van der Waals surface area contributed by atoms with Crippen molar-refractivity contribution in [3.8, 4) is 0 Å². The van der Waals surface area contributed by atoms with Crippen LogP contribution in [-0.2, 0) is 9.53 Å². The number of anilines is 1. The molecule has 2 aliphatic heterocycles. The van der Waals surface area contributed by atoms with Crippen LogP contribution in [0.4, 0.5) is 5.82 Å². The molecular formula is C23H28N4O3S2. The molecule has 0 spiro atoms. The number of thioether (sulfide) groups is 1. The van der Waals surface area contributed by atoms with E-state index in [9.17, 15) is 9.59 Å². The van der Waals surface area contributed by atoms with Crippen LogP contribution in [0, 0.1) is 11.8 Å². The van der Waals surface area contributed by atoms with E-state index in [0.29, 0.717) is 57.7 Å². The van der Waals surface area contributed by atoms with Crippen molar-refractivity contribution >= 4 is 51.7 Å². The van der Waals surface area contributed by atoms with Crippen molar-refractivity contribution in [1.29, 1.82) is 0 Å². The van der Waals surface area contributed by atoms with E-state index in [1.807, 2.05) is 12.1 Å². The number of amides is 1. The van der Waals surface area contributed by atoms with E-state index in [-0.39, 0.29) is 11.5 Å². The number of carbonyl (C=O) groups excluding carboxylic acids is 1. The molecule has 1 amide bonds. The van der Waals surface area contributed by atoms with Crippen LogP contribution in [0.3, 0.4) is 0 Å². The van der Waals surface area contributed by atoms with Gasteiger partial charge in [-0.05, 0) is 42.9 Å². The van der Waals surface area contributed by atoms with Crippen molar-refractivity contribution in [2.24, 2.45) is 11.8 Å². The molecule has 2 aromatic rings. The third-order valence-electron chi connectivity index (χ3n) is 5.80. The molecule has 9 heteroatoms. The first-order valence-electron chi connectivity index (χ1n) is 10.9. The lowest BCUT2D eigenvalue weighted by molar-refractivity contribution is -0.122. The molecule has 4 rings (SSSR count). The standard InChI is InChI=1S/C23H28N4O3S2/c1-15-11-16(2)14-25(13-15)20-17(21(28)26-8-5-4-7-19(26)24-20)12-18-22(29)27(23(31)32-18)9-6-10-30-3/h4-5,7-8,12,15-16H,6,9-11,13-14H2,1-3H3. The third-order valence-corrected chi connectivity index (χ3v) is 7.17. The smallest absolute Gasteiger partial charge is 0.267 e. The average molecular weight is 473 g/mol. The minimum absolute atomic E-state index is 0.167. The Bertz CT molecular complexity index is 1120. The topological polar surface area (TPSA) is 67.2 Å². The van der Waals surface area contributed by atoms with E-state index >= 15 is 0 Å². The van der Waals surface area contributed by atoms with Crippen LogP contribution in [0.15, 0.2) is 34.1 Å². The van der Waals surface area contributed by atoms with E-state index in [1.54, 1.807) is 30.3 Å². The van der Waals surface area contributed by atoms with Gasteiger partial charge in [-0.1, -0.05) is 43.9 Å². The fraction of sp³-hybridized carbons (Fsp3) is 0.478. The van der Waals surface area contributed by atoms with E-state index in [2.05, 4.69) is 18.7 Å². The van der Waals surface area contributed by atoms with Crippen molar-refractivity contribution in [1.82, 2.24) is 14.3 Å². The van der Waals surface area contributed by atoms with Gasteiger partial charge in [0.25, 0.3) is 11.5 Å². The van der Waals surface area contributed by atoms with Gasteiger partial charge in [-0.2, -0.15) is 0 Å². The molecule has 2 fully saturated rings. The van der Waals surface area contributed by atoms with Gasteiger partial charge in [-0.15, -0.1) is 0 Å². The Morgan fingerprint density at radius 1 is 1.25 bits per heavy atom. The second-order valence-corrected chi connectivity index (χ2v) is 10.3. The van der Waals surface area contributed by atoms with Crippen LogP contribution in [0.2, 0.25) is 0 Å². The summed E-state index contributed by atoms with van der Waals surface area (Å²) in [4.78, 5) is 35.6. The molecule has 170 valence electrons. The molecule has 2 aromatic heterocycles. The minimum atomic E-state index is -0.180. The lowest BCUT2D eigenvalue weighted by Crippen LogP contribution is -2.40. The third kappa shape index (κ3) is 4.60. The highest BCUT2D eigenvalue weighted by Gasteiger charge is 2.33. The number of hydrogen-bond acceptors (Lipinski definition) is 7. The highest BCUT2D eigenvalue weighted by molar-refractivity contribution is 8.26. The molecule has 0 bridgehead atoms. The number of piperidine rings is 1. The SMILES string of the molecule is COCCCN1C(=O)C(=Cc2c(N3CC(C)CC(C)C3)nc3ccccn3c2=O)SC1=S. The first kappa shape index (κ1) is 22.9. The van der Waals surface area contributed by atoms with Gasteiger partial charge < -0.3 is 9.64 Å². The van der Waals surface area contributed by atoms with Gasteiger partial charge in [0.15, 0.2) is 0 Å². The van der Waals surface area contributed by atoms with Gasteiger partial charge >= 0.3 is 0 Å². The molecular weight excluding hydrogens is 444 g/mol. The summed E-state index contributed by atoms with van der Waals surface area (Å²) in [5.74, 6) is 1.48.